The van der Waals surface area contributed by atoms with Gasteiger partial charge in [-0.15, -0.1) is 0 Å². The number of nitrogens with one attached hydrogen (secondary N) is 2. The van der Waals surface area contributed by atoms with E-state index in [-0.39, 0.29) is 18.3 Å². The van der Waals surface area contributed by atoms with Crippen molar-refractivity contribution >= 4 is 23.2 Å². The van der Waals surface area contributed by atoms with E-state index < -0.39 is 0 Å². The molecule has 0 saturated carbocycles. The zero-order chi connectivity index (χ0) is 21.6. The summed E-state index contributed by atoms with van der Waals surface area (Å²) in [5.74, 6) is 1.46. The van der Waals surface area contributed by atoms with Crippen molar-refractivity contribution in [2.75, 3.05) is 30.3 Å². The number of carbonyl (C=O) groups is 1. The Morgan fingerprint density at radius 2 is 1.90 bits per heavy atom. The molecular formula is C24H26FN5O. The number of pyridine rings is 2. The van der Waals surface area contributed by atoms with Gasteiger partial charge < -0.3 is 15.5 Å². The molecule has 1 fully saturated rings. The number of amides is 1. The molecule has 31 heavy (non-hydrogen) atoms. The molecule has 0 bridgehead atoms. The average Bonchev–Trinajstić information content (AvgIpc) is 2.80. The van der Waals surface area contributed by atoms with Crippen LogP contribution in [0.3, 0.4) is 0 Å². The number of benzene rings is 1. The molecule has 1 amide bonds. The zero-order valence-corrected chi connectivity index (χ0v) is 17.5. The summed E-state index contributed by atoms with van der Waals surface area (Å²) >= 11 is 0. The van der Waals surface area contributed by atoms with E-state index in [0.717, 1.165) is 35.7 Å². The Labute approximate surface area is 181 Å². The predicted molar refractivity (Wildman–Crippen MR) is 120 cm³/mol. The molecule has 2 N–H and O–H groups in total. The molecule has 4 rings (SSSR count). The number of anilines is 3. The second kappa shape index (κ2) is 9.55. The molecule has 0 radical (unpaired) electrons. The molecule has 1 aliphatic rings. The SMILES string of the molecule is Cc1ccc(F)c(NCC(=O)N2CCC(c3cccc(Nc4ccccn4)n3)CC2)c1. The van der Waals surface area contributed by atoms with Crippen molar-refractivity contribution in [1.82, 2.24) is 14.9 Å². The summed E-state index contributed by atoms with van der Waals surface area (Å²) in [7, 11) is 0. The van der Waals surface area contributed by atoms with Crippen molar-refractivity contribution in [1.29, 1.82) is 0 Å². The third kappa shape index (κ3) is 5.36. The summed E-state index contributed by atoms with van der Waals surface area (Å²) in [4.78, 5) is 23.4. The lowest BCUT2D eigenvalue weighted by Gasteiger charge is -2.32. The third-order valence-corrected chi connectivity index (χ3v) is 5.51. The predicted octanol–water partition coefficient (Wildman–Crippen LogP) is 4.49. The van der Waals surface area contributed by atoms with Gasteiger partial charge in [-0.1, -0.05) is 18.2 Å². The molecule has 1 aliphatic heterocycles. The highest BCUT2D eigenvalue weighted by atomic mass is 19.1. The Morgan fingerprint density at radius 3 is 2.68 bits per heavy atom. The Bertz CT molecular complexity index is 1040. The van der Waals surface area contributed by atoms with Gasteiger partial charge in [0.2, 0.25) is 5.91 Å². The number of hydrogen-bond acceptors (Lipinski definition) is 5. The van der Waals surface area contributed by atoms with Crippen LogP contribution < -0.4 is 10.6 Å². The summed E-state index contributed by atoms with van der Waals surface area (Å²) in [6.07, 6.45) is 3.44. The molecule has 0 unspecified atom stereocenters. The van der Waals surface area contributed by atoms with Crippen LogP contribution in [0.15, 0.2) is 60.8 Å². The van der Waals surface area contributed by atoms with Crippen LogP contribution in [0.1, 0.15) is 30.0 Å². The number of piperidine rings is 1. The van der Waals surface area contributed by atoms with Crippen molar-refractivity contribution in [3.05, 3.63) is 77.9 Å². The second-order valence-corrected chi connectivity index (χ2v) is 7.78. The standard InChI is InChI=1S/C24H26FN5O/c1-17-8-9-19(25)21(15-17)27-16-24(31)30-13-10-18(11-14-30)20-5-4-7-23(28-20)29-22-6-2-3-12-26-22/h2-9,12,15,18,27H,10-11,13-14,16H2,1H3,(H,26,28,29). The average molecular weight is 420 g/mol. The first-order valence-corrected chi connectivity index (χ1v) is 10.5. The molecule has 0 atom stereocenters. The molecule has 7 heteroatoms. The minimum absolute atomic E-state index is 0.0158. The van der Waals surface area contributed by atoms with Gasteiger partial charge in [-0.3, -0.25) is 4.79 Å². The monoisotopic (exact) mass is 419 g/mol. The molecule has 0 aliphatic carbocycles. The number of halogens is 1. The van der Waals surface area contributed by atoms with E-state index in [1.165, 1.54) is 6.07 Å². The lowest BCUT2D eigenvalue weighted by molar-refractivity contribution is -0.130. The highest BCUT2D eigenvalue weighted by Crippen LogP contribution is 2.28. The molecule has 0 spiro atoms. The van der Waals surface area contributed by atoms with Crippen LogP contribution in [-0.4, -0.2) is 40.4 Å². The Hall–Kier alpha value is -3.48. The number of hydrogen-bond donors (Lipinski definition) is 2. The lowest BCUT2D eigenvalue weighted by atomic mass is 9.93. The van der Waals surface area contributed by atoms with Gasteiger partial charge in [-0.05, 0) is 61.7 Å². The van der Waals surface area contributed by atoms with E-state index in [9.17, 15) is 9.18 Å². The summed E-state index contributed by atoms with van der Waals surface area (Å²) in [5, 5.41) is 6.16. The highest BCUT2D eigenvalue weighted by Gasteiger charge is 2.24. The Balaban J connectivity index is 1.30. The molecule has 160 valence electrons. The molecular weight excluding hydrogens is 393 g/mol. The fourth-order valence-corrected chi connectivity index (χ4v) is 3.80. The largest absolute Gasteiger partial charge is 0.374 e. The smallest absolute Gasteiger partial charge is 0.241 e. The summed E-state index contributed by atoms with van der Waals surface area (Å²) in [5.41, 5.74) is 2.34. The van der Waals surface area contributed by atoms with Gasteiger partial charge in [0, 0.05) is 30.9 Å². The van der Waals surface area contributed by atoms with Gasteiger partial charge in [0.1, 0.15) is 17.5 Å². The minimum atomic E-state index is -0.345. The quantitative estimate of drug-likeness (QED) is 0.616. The topological polar surface area (TPSA) is 70.2 Å². The van der Waals surface area contributed by atoms with Crippen LogP contribution >= 0.6 is 0 Å². The van der Waals surface area contributed by atoms with Crippen LogP contribution in [0.5, 0.6) is 0 Å². The van der Waals surface area contributed by atoms with E-state index in [0.29, 0.717) is 24.7 Å². The van der Waals surface area contributed by atoms with E-state index >= 15 is 0 Å². The van der Waals surface area contributed by atoms with Gasteiger partial charge in [-0.2, -0.15) is 0 Å². The fraction of sp³-hybridized carbons (Fsp3) is 0.292. The van der Waals surface area contributed by atoms with E-state index in [1.807, 2.05) is 48.2 Å². The van der Waals surface area contributed by atoms with E-state index in [1.54, 1.807) is 18.3 Å². The number of aryl methyl sites for hydroxylation is 1. The lowest BCUT2D eigenvalue weighted by Crippen LogP contribution is -2.41. The van der Waals surface area contributed by atoms with Gasteiger partial charge in [0.05, 0.1) is 12.2 Å². The normalized spacial score (nSPS) is 14.3. The van der Waals surface area contributed by atoms with Crippen LogP contribution in [0.2, 0.25) is 0 Å². The summed E-state index contributed by atoms with van der Waals surface area (Å²) in [6, 6.07) is 16.5. The van der Waals surface area contributed by atoms with E-state index in [2.05, 4.69) is 15.6 Å². The van der Waals surface area contributed by atoms with Crippen molar-refractivity contribution in [3.8, 4) is 0 Å². The summed E-state index contributed by atoms with van der Waals surface area (Å²) < 4.78 is 13.9. The zero-order valence-electron chi connectivity index (χ0n) is 17.5. The number of carbonyl (C=O) groups excluding carboxylic acids is 1. The number of rotatable bonds is 6. The van der Waals surface area contributed by atoms with Crippen molar-refractivity contribution < 1.29 is 9.18 Å². The molecule has 2 aromatic heterocycles. The Morgan fingerprint density at radius 1 is 1.10 bits per heavy atom. The molecule has 1 aromatic carbocycles. The maximum atomic E-state index is 13.9. The number of nitrogens with zero attached hydrogens (tertiary/aromatic N) is 3. The van der Waals surface area contributed by atoms with Crippen LogP contribution in [0.4, 0.5) is 21.7 Å². The van der Waals surface area contributed by atoms with Gasteiger partial charge in [-0.25, -0.2) is 14.4 Å². The van der Waals surface area contributed by atoms with Gasteiger partial charge >= 0.3 is 0 Å². The maximum absolute atomic E-state index is 13.9. The van der Waals surface area contributed by atoms with Crippen LogP contribution in [-0.2, 0) is 4.79 Å². The first kappa shape index (κ1) is 20.8. The first-order chi connectivity index (χ1) is 15.1. The number of likely N-dealkylation sites (tertiary alicyclic amines) is 1. The fourth-order valence-electron chi connectivity index (χ4n) is 3.80. The first-order valence-electron chi connectivity index (χ1n) is 10.5. The highest BCUT2D eigenvalue weighted by molar-refractivity contribution is 5.81. The Kier molecular flexibility index (Phi) is 6.40. The van der Waals surface area contributed by atoms with Crippen molar-refractivity contribution in [3.63, 3.8) is 0 Å². The minimum Gasteiger partial charge on any atom is -0.374 e. The van der Waals surface area contributed by atoms with E-state index in [4.69, 9.17) is 4.98 Å². The van der Waals surface area contributed by atoms with Gasteiger partial charge in [0.15, 0.2) is 0 Å². The second-order valence-electron chi connectivity index (χ2n) is 7.78. The third-order valence-electron chi connectivity index (χ3n) is 5.51. The van der Waals surface area contributed by atoms with Crippen LogP contribution in [0.25, 0.3) is 0 Å². The molecule has 3 aromatic rings. The number of aromatic nitrogens is 2. The van der Waals surface area contributed by atoms with Crippen molar-refractivity contribution in [2.24, 2.45) is 0 Å². The van der Waals surface area contributed by atoms with Crippen LogP contribution in [0, 0.1) is 12.7 Å². The van der Waals surface area contributed by atoms with Gasteiger partial charge in [0.25, 0.3) is 0 Å². The molecule has 3 heterocycles. The summed E-state index contributed by atoms with van der Waals surface area (Å²) in [6.45, 7) is 3.32. The van der Waals surface area contributed by atoms with Crippen molar-refractivity contribution in [2.45, 2.75) is 25.7 Å². The maximum Gasteiger partial charge on any atom is 0.241 e. The molecule has 1 saturated heterocycles. The molecule has 6 nitrogen and oxygen atoms in total.